The minimum Gasteiger partial charge on any atom is -0.385 e. The third-order valence-electron chi connectivity index (χ3n) is 8.05. The van der Waals surface area contributed by atoms with Gasteiger partial charge in [-0.1, -0.05) is 55.5 Å². The molecule has 1 saturated carbocycles. The van der Waals surface area contributed by atoms with Crippen molar-refractivity contribution in [1.82, 2.24) is 19.6 Å². The number of benzene rings is 2. The molecule has 2 fully saturated rings. The average molecular weight is 516 g/mol. The van der Waals surface area contributed by atoms with Crippen LogP contribution in [0.1, 0.15) is 42.5 Å². The van der Waals surface area contributed by atoms with Crippen LogP contribution in [0.25, 0.3) is 5.69 Å². The number of aryl methyl sites for hydroxylation is 1. The number of methoxy groups -OCH3 is 1. The first-order valence-electron chi connectivity index (χ1n) is 14.0. The zero-order valence-corrected chi connectivity index (χ0v) is 23.1. The monoisotopic (exact) mass is 515 g/mol. The Morgan fingerprint density at radius 1 is 1.03 bits per heavy atom. The summed E-state index contributed by atoms with van der Waals surface area (Å²) in [5, 5.41) is 5.03. The van der Waals surface area contributed by atoms with Crippen molar-refractivity contribution >= 4 is 11.7 Å². The zero-order chi connectivity index (χ0) is 26.5. The lowest BCUT2D eigenvalue weighted by molar-refractivity contribution is -0.133. The lowest BCUT2D eigenvalue weighted by Gasteiger charge is -2.36. The average Bonchev–Trinajstić information content (AvgIpc) is 3.71. The molecule has 0 bridgehead atoms. The molecule has 0 radical (unpaired) electrons. The van der Waals surface area contributed by atoms with Gasteiger partial charge in [0.15, 0.2) is 0 Å². The van der Waals surface area contributed by atoms with Gasteiger partial charge in [0.2, 0.25) is 5.91 Å². The number of para-hydroxylation sites is 1. The zero-order valence-electron chi connectivity index (χ0n) is 23.1. The molecule has 2 atom stereocenters. The Bertz CT molecular complexity index is 1190. The molecular weight excluding hydrogens is 474 g/mol. The van der Waals surface area contributed by atoms with Gasteiger partial charge in [0.05, 0.1) is 17.9 Å². The van der Waals surface area contributed by atoms with Gasteiger partial charge in [0.25, 0.3) is 0 Å². The fourth-order valence-electron chi connectivity index (χ4n) is 5.71. The SMILES string of the molecule is CCN1CCN(c2c(CN(CCCOC)C(=O)[C@@H]3C[C@H]3c3ccccc3)c(C)nn2-c2ccccc2)CC1. The quantitative estimate of drug-likeness (QED) is 0.352. The summed E-state index contributed by atoms with van der Waals surface area (Å²) >= 11 is 0. The Morgan fingerprint density at radius 3 is 2.37 bits per heavy atom. The lowest BCUT2D eigenvalue weighted by atomic mass is 10.1. The summed E-state index contributed by atoms with van der Waals surface area (Å²) in [5.74, 6) is 1.76. The van der Waals surface area contributed by atoms with Crippen molar-refractivity contribution < 1.29 is 9.53 Å². The first-order chi connectivity index (χ1) is 18.6. The molecular formula is C31H41N5O2. The van der Waals surface area contributed by atoms with Crippen molar-refractivity contribution in [3.63, 3.8) is 0 Å². The number of nitrogens with zero attached hydrogens (tertiary/aromatic N) is 5. The molecule has 7 heteroatoms. The fraction of sp³-hybridized carbons (Fsp3) is 0.484. The molecule has 1 saturated heterocycles. The molecule has 2 aromatic carbocycles. The molecule has 3 aromatic rings. The van der Waals surface area contributed by atoms with Crippen LogP contribution in [0, 0.1) is 12.8 Å². The van der Waals surface area contributed by atoms with Crippen LogP contribution in [0.5, 0.6) is 0 Å². The lowest BCUT2D eigenvalue weighted by Crippen LogP contribution is -2.47. The fourth-order valence-corrected chi connectivity index (χ4v) is 5.71. The molecule has 2 heterocycles. The molecule has 0 N–H and O–H groups in total. The van der Waals surface area contributed by atoms with Crippen LogP contribution in [0.4, 0.5) is 5.82 Å². The highest BCUT2D eigenvalue weighted by molar-refractivity contribution is 5.83. The molecule has 1 amide bonds. The smallest absolute Gasteiger partial charge is 0.226 e. The van der Waals surface area contributed by atoms with Crippen molar-refractivity contribution in [2.45, 2.75) is 39.2 Å². The van der Waals surface area contributed by atoms with E-state index in [1.807, 2.05) is 12.1 Å². The first kappa shape index (κ1) is 26.4. The Labute approximate surface area is 227 Å². The summed E-state index contributed by atoms with van der Waals surface area (Å²) in [7, 11) is 1.72. The van der Waals surface area contributed by atoms with Crippen LogP contribution >= 0.6 is 0 Å². The molecule has 38 heavy (non-hydrogen) atoms. The Balaban J connectivity index is 1.44. The third kappa shape index (κ3) is 5.79. The van der Waals surface area contributed by atoms with Gasteiger partial charge in [0.1, 0.15) is 5.82 Å². The van der Waals surface area contributed by atoms with E-state index in [1.165, 1.54) is 5.56 Å². The highest BCUT2D eigenvalue weighted by atomic mass is 16.5. The van der Waals surface area contributed by atoms with E-state index < -0.39 is 0 Å². The summed E-state index contributed by atoms with van der Waals surface area (Å²) in [6.07, 6.45) is 1.75. The molecule has 7 nitrogen and oxygen atoms in total. The maximum Gasteiger partial charge on any atom is 0.226 e. The summed E-state index contributed by atoms with van der Waals surface area (Å²) in [6.45, 7) is 11.3. The third-order valence-corrected chi connectivity index (χ3v) is 8.05. The summed E-state index contributed by atoms with van der Waals surface area (Å²) in [6, 6.07) is 20.8. The number of carbonyl (C=O) groups excluding carboxylic acids is 1. The van der Waals surface area contributed by atoms with Gasteiger partial charge < -0.3 is 19.4 Å². The highest BCUT2D eigenvalue weighted by Gasteiger charge is 2.45. The van der Waals surface area contributed by atoms with Crippen LogP contribution in [0.3, 0.4) is 0 Å². The Morgan fingerprint density at radius 2 is 1.71 bits per heavy atom. The second kappa shape index (κ2) is 12.1. The van der Waals surface area contributed by atoms with Gasteiger partial charge in [-0.2, -0.15) is 5.10 Å². The van der Waals surface area contributed by atoms with Crippen LogP contribution in [0.15, 0.2) is 60.7 Å². The number of aromatic nitrogens is 2. The van der Waals surface area contributed by atoms with Crippen molar-refractivity contribution in [2.75, 3.05) is 57.9 Å². The van der Waals surface area contributed by atoms with Crippen LogP contribution in [-0.2, 0) is 16.1 Å². The van der Waals surface area contributed by atoms with Gasteiger partial charge in [-0.15, -0.1) is 0 Å². The molecule has 0 unspecified atom stereocenters. The van der Waals surface area contributed by atoms with Crippen molar-refractivity contribution in [1.29, 1.82) is 0 Å². The maximum absolute atomic E-state index is 13.9. The number of hydrogen-bond acceptors (Lipinski definition) is 5. The molecule has 5 rings (SSSR count). The summed E-state index contributed by atoms with van der Waals surface area (Å²) in [4.78, 5) is 20.9. The van der Waals surface area contributed by atoms with Crippen LogP contribution in [0.2, 0.25) is 0 Å². The van der Waals surface area contributed by atoms with Gasteiger partial charge >= 0.3 is 0 Å². The number of piperazine rings is 1. The molecule has 202 valence electrons. The summed E-state index contributed by atoms with van der Waals surface area (Å²) < 4.78 is 7.44. The standard InChI is InChI=1S/C31H41N5O2/c1-4-33-17-19-34(20-18-33)30-29(24(2)32-36(30)26-14-9-6-10-15-26)23-35(16-11-21-38-3)31(37)28-22-27(28)25-12-7-5-8-13-25/h5-10,12-15,27-28H,4,11,16-23H2,1-3H3/t27-,28+/m0/s1. The summed E-state index contributed by atoms with van der Waals surface area (Å²) in [5.41, 5.74) is 4.46. The predicted molar refractivity (Wildman–Crippen MR) is 152 cm³/mol. The number of hydrogen-bond donors (Lipinski definition) is 0. The van der Waals surface area contributed by atoms with Crippen molar-refractivity contribution in [3.8, 4) is 5.69 Å². The normalized spacial score (nSPS) is 19.5. The number of anilines is 1. The second-order valence-electron chi connectivity index (χ2n) is 10.5. The van der Waals surface area contributed by atoms with E-state index in [1.54, 1.807) is 7.11 Å². The molecule has 1 aliphatic heterocycles. The van der Waals surface area contributed by atoms with Gasteiger partial charge in [-0.3, -0.25) is 4.79 Å². The van der Waals surface area contributed by atoms with E-state index in [9.17, 15) is 4.79 Å². The molecule has 0 spiro atoms. The van der Waals surface area contributed by atoms with E-state index in [0.717, 1.165) is 68.3 Å². The largest absolute Gasteiger partial charge is 0.385 e. The van der Waals surface area contributed by atoms with Crippen LogP contribution in [-0.4, -0.2) is 78.5 Å². The van der Waals surface area contributed by atoms with E-state index in [4.69, 9.17) is 9.84 Å². The van der Waals surface area contributed by atoms with E-state index in [2.05, 4.69) is 81.8 Å². The minimum atomic E-state index is 0.0565. The van der Waals surface area contributed by atoms with Crippen molar-refractivity contribution in [3.05, 3.63) is 77.5 Å². The van der Waals surface area contributed by atoms with Gasteiger partial charge in [0, 0.05) is 57.9 Å². The Hall–Kier alpha value is -3.16. The number of ether oxygens (including phenoxy) is 1. The number of likely N-dealkylation sites (N-methyl/N-ethyl adjacent to an activating group) is 1. The molecule has 1 aliphatic carbocycles. The van der Waals surface area contributed by atoms with Gasteiger partial charge in [-0.05, 0) is 49.9 Å². The minimum absolute atomic E-state index is 0.0565. The highest BCUT2D eigenvalue weighted by Crippen LogP contribution is 2.48. The Kier molecular flexibility index (Phi) is 8.45. The van der Waals surface area contributed by atoms with E-state index >= 15 is 0 Å². The second-order valence-corrected chi connectivity index (χ2v) is 10.5. The van der Waals surface area contributed by atoms with Gasteiger partial charge in [-0.25, -0.2) is 4.68 Å². The maximum atomic E-state index is 13.9. The number of rotatable bonds is 11. The first-order valence-corrected chi connectivity index (χ1v) is 14.0. The van der Waals surface area contributed by atoms with Crippen molar-refractivity contribution in [2.24, 2.45) is 5.92 Å². The molecule has 2 aliphatic rings. The molecule has 1 aromatic heterocycles. The predicted octanol–water partition coefficient (Wildman–Crippen LogP) is 4.49. The topological polar surface area (TPSA) is 53.8 Å². The van der Waals surface area contributed by atoms with Crippen LogP contribution < -0.4 is 4.90 Å². The number of amides is 1. The number of carbonyl (C=O) groups is 1. The van der Waals surface area contributed by atoms with E-state index in [-0.39, 0.29) is 11.8 Å². The van der Waals surface area contributed by atoms with E-state index in [0.29, 0.717) is 25.6 Å².